The summed E-state index contributed by atoms with van der Waals surface area (Å²) in [4.78, 5) is 12.9. The van der Waals surface area contributed by atoms with E-state index in [0.29, 0.717) is 0 Å². The molecule has 122 valence electrons. The van der Waals surface area contributed by atoms with Gasteiger partial charge in [0.15, 0.2) is 0 Å². The lowest BCUT2D eigenvalue weighted by atomic mass is 10.4. The van der Waals surface area contributed by atoms with Crippen molar-refractivity contribution in [3.8, 4) is 0 Å². The summed E-state index contributed by atoms with van der Waals surface area (Å²) in [5.74, 6) is 0. The van der Waals surface area contributed by atoms with Crippen LogP contribution >= 0.6 is 7.92 Å². The van der Waals surface area contributed by atoms with Gasteiger partial charge in [0.1, 0.15) is 6.34 Å². The maximum Gasteiger partial charge on any atom is 0.387 e. The fraction of sp³-hybridized carbons (Fsp3) is 0. The van der Waals surface area contributed by atoms with Gasteiger partial charge in [0.25, 0.3) is 0 Å². The van der Waals surface area contributed by atoms with Crippen LogP contribution < -0.4 is 15.9 Å². The molecule has 0 saturated carbocycles. The lowest BCUT2D eigenvalue weighted by Crippen LogP contribution is -2.20. The fourth-order valence-electron chi connectivity index (χ4n) is 2.35. The second kappa shape index (κ2) is 8.76. The van der Waals surface area contributed by atoms with E-state index in [4.69, 9.17) is 0 Å². The Morgan fingerprint density at radius 1 is 0.600 bits per heavy atom. The summed E-state index contributed by atoms with van der Waals surface area (Å²) < 4.78 is 0. The van der Waals surface area contributed by atoms with Gasteiger partial charge in [0, 0.05) is 0 Å². The molecular formula is C20H16N3OP. The Balaban J connectivity index is 0.000000258. The Morgan fingerprint density at radius 3 is 1.24 bits per heavy atom. The molecule has 3 aromatic carbocycles. The summed E-state index contributed by atoms with van der Waals surface area (Å²) in [6, 6.07) is 31.8. The summed E-state index contributed by atoms with van der Waals surface area (Å²) >= 11 is 0. The summed E-state index contributed by atoms with van der Waals surface area (Å²) in [6.45, 7) is 0. The largest absolute Gasteiger partial charge is 0.387 e. The molecule has 4 rings (SSSR count). The van der Waals surface area contributed by atoms with Crippen LogP contribution in [0, 0.1) is 0 Å². The van der Waals surface area contributed by atoms with Crippen molar-refractivity contribution in [2.24, 2.45) is 15.2 Å². The van der Waals surface area contributed by atoms with E-state index in [9.17, 15) is 4.79 Å². The minimum absolute atomic E-state index is 0.446. The first-order chi connectivity index (χ1) is 12.3. The quantitative estimate of drug-likeness (QED) is 0.661. The van der Waals surface area contributed by atoms with Crippen LogP contribution in [0.1, 0.15) is 0 Å². The van der Waals surface area contributed by atoms with Crippen LogP contribution in [-0.4, -0.2) is 12.4 Å². The highest BCUT2D eigenvalue weighted by molar-refractivity contribution is 7.79. The summed E-state index contributed by atoms with van der Waals surface area (Å²) in [7, 11) is -0.446. The van der Waals surface area contributed by atoms with Gasteiger partial charge in [-0.25, -0.2) is 4.79 Å². The molecule has 0 fully saturated rings. The molecule has 0 aliphatic carbocycles. The zero-order chi connectivity index (χ0) is 17.3. The third-order valence-electron chi connectivity index (χ3n) is 3.41. The Labute approximate surface area is 147 Å². The zero-order valence-corrected chi connectivity index (χ0v) is 14.3. The topological polar surface area (TPSA) is 54.1 Å². The highest BCUT2D eigenvalue weighted by atomic mass is 31.1. The Kier molecular flexibility index (Phi) is 5.91. The molecule has 0 atom stereocenters. The van der Waals surface area contributed by atoms with E-state index in [0.717, 1.165) is 6.34 Å². The summed E-state index contributed by atoms with van der Waals surface area (Å²) in [5, 5.41) is 10.3. The SMILES string of the molecule is O=C1N=CN=N1.c1ccc(P(c2ccccc2)c2ccccc2)cc1. The Hall–Kier alpha value is -2.97. The highest BCUT2D eigenvalue weighted by Crippen LogP contribution is 2.32. The van der Waals surface area contributed by atoms with Gasteiger partial charge in [-0.1, -0.05) is 96.1 Å². The molecule has 1 aliphatic rings. The van der Waals surface area contributed by atoms with Crippen molar-refractivity contribution in [1.82, 2.24) is 0 Å². The van der Waals surface area contributed by atoms with Gasteiger partial charge in [-0.05, 0) is 23.8 Å². The number of rotatable bonds is 3. The number of amides is 2. The van der Waals surface area contributed by atoms with Gasteiger partial charge in [-0.2, -0.15) is 4.99 Å². The fourth-order valence-corrected chi connectivity index (χ4v) is 4.66. The zero-order valence-electron chi connectivity index (χ0n) is 13.4. The minimum Gasteiger partial charge on any atom is -0.242 e. The van der Waals surface area contributed by atoms with E-state index >= 15 is 0 Å². The molecule has 0 bridgehead atoms. The van der Waals surface area contributed by atoms with Crippen LogP contribution in [0.25, 0.3) is 0 Å². The first-order valence-corrected chi connectivity index (χ1v) is 9.11. The number of hydrogen-bond donors (Lipinski definition) is 0. The predicted octanol–water partition coefficient (Wildman–Crippen LogP) is 4.05. The predicted molar refractivity (Wildman–Crippen MR) is 104 cm³/mol. The number of azo groups is 1. The maximum absolute atomic E-state index is 9.78. The van der Waals surface area contributed by atoms with Crippen LogP contribution in [0.2, 0.25) is 0 Å². The lowest BCUT2D eigenvalue weighted by molar-refractivity contribution is 0.257. The van der Waals surface area contributed by atoms with Crippen molar-refractivity contribution in [3.05, 3.63) is 91.0 Å². The molecule has 0 unspecified atom stereocenters. The molecule has 25 heavy (non-hydrogen) atoms. The first-order valence-electron chi connectivity index (χ1n) is 7.77. The molecule has 4 nitrogen and oxygen atoms in total. The van der Waals surface area contributed by atoms with E-state index in [1.54, 1.807) is 0 Å². The third-order valence-corrected chi connectivity index (χ3v) is 5.85. The van der Waals surface area contributed by atoms with E-state index in [-0.39, 0.29) is 0 Å². The monoisotopic (exact) mass is 345 g/mol. The Bertz CT molecular complexity index is 757. The number of benzene rings is 3. The molecule has 0 saturated heterocycles. The molecule has 5 heteroatoms. The highest BCUT2D eigenvalue weighted by Gasteiger charge is 2.14. The standard InChI is InChI=1S/C18H15P.C2HN3O/c1-4-10-16(11-5-1)19(17-12-6-2-7-13-17)18-14-8-3-9-15-18;6-2-3-1-4-5-2/h1-15H;1H. The molecular weight excluding hydrogens is 329 g/mol. The number of carbonyl (C=O) groups is 1. The normalized spacial score (nSPS) is 12.1. The maximum atomic E-state index is 9.78. The average molecular weight is 345 g/mol. The van der Waals surface area contributed by atoms with Crippen molar-refractivity contribution >= 4 is 36.2 Å². The van der Waals surface area contributed by atoms with Crippen LogP contribution in [-0.2, 0) is 0 Å². The van der Waals surface area contributed by atoms with Gasteiger partial charge in [-0.15, -0.1) is 5.11 Å². The van der Waals surface area contributed by atoms with Crippen LogP contribution in [0.5, 0.6) is 0 Å². The molecule has 2 amide bonds. The van der Waals surface area contributed by atoms with Crippen molar-refractivity contribution in [2.45, 2.75) is 0 Å². The van der Waals surface area contributed by atoms with Gasteiger partial charge in [-0.3, -0.25) is 0 Å². The number of carbonyl (C=O) groups excluding carboxylic acids is 1. The molecule has 0 radical (unpaired) electrons. The van der Waals surface area contributed by atoms with E-state index in [1.807, 2.05) is 0 Å². The van der Waals surface area contributed by atoms with Gasteiger partial charge >= 0.3 is 6.03 Å². The molecule has 1 aliphatic heterocycles. The van der Waals surface area contributed by atoms with E-state index in [2.05, 4.69) is 106 Å². The van der Waals surface area contributed by atoms with Gasteiger partial charge < -0.3 is 0 Å². The Morgan fingerprint density at radius 2 is 1.00 bits per heavy atom. The molecule has 0 N–H and O–H groups in total. The number of urea groups is 1. The van der Waals surface area contributed by atoms with Crippen molar-refractivity contribution in [2.75, 3.05) is 0 Å². The molecule has 0 spiro atoms. The van der Waals surface area contributed by atoms with Crippen molar-refractivity contribution in [3.63, 3.8) is 0 Å². The summed E-state index contributed by atoms with van der Waals surface area (Å²) in [5.41, 5.74) is 0. The summed E-state index contributed by atoms with van der Waals surface area (Å²) in [6.07, 6.45) is 1.11. The molecule has 0 aromatic heterocycles. The van der Waals surface area contributed by atoms with Crippen LogP contribution in [0.15, 0.2) is 106 Å². The van der Waals surface area contributed by atoms with Crippen molar-refractivity contribution in [1.29, 1.82) is 0 Å². The minimum atomic E-state index is -0.519. The smallest absolute Gasteiger partial charge is 0.242 e. The lowest BCUT2D eigenvalue weighted by Gasteiger charge is -2.18. The van der Waals surface area contributed by atoms with E-state index < -0.39 is 14.0 Å². The van der Waals surface area contributed by atoms with E-state index in [1.165, 1.54) is 15.9 Å². The average Bonchev–Trinajstić information content (AvgIpc) is 3.16. The van der Waals surface area contributed by atoms with Gasteiger partial charge in [0.2, 0.25) is 0 Å². The van der Waals surface area contributed by atoms with Gasteiger partial charge in [0.05, 0.1) is 0 Å². The van der Waals surface area contributed by atoms with Crippen LogP contribution in [0.3, 0.4) is 0 Å². The van der Waals surface area contributed by atoms with Crippen LogP contribution in [0.4, 0.5) is 4.79 Å². The third kappa shape index (κ3) is 4.75. The second-order valence-corrected chi connectivity index (χ2v) is 7.30. The molecule has 3 aromatic rings. The molecule has 1 heterocycles. The first kappa shape index (κ1) is 16.9. The number of aliphatic imine (C=N–C) groups is 1. The number of nitrogens with zero attached hydrogens (tertiary/aromatic N) is 3. The van der Waals surface area contributed by atoms with Crippen molar-refractivity contribution < 1.29 is 4.79 Å². The second-order valence-electron chi connectivity index (χ2n) is 5.08. The number of hydrogen-bond acceptors (Lipinski definition) is 2.